The molecule has 0 spiro atoms. The van der Waals surface area contributed by atoms with Crippen molar-refractivity contribution in [2.75, 3.05) is 6.61 Å². The first-order valence-electron chi connectivity index (χ1n) is 6.07. The minimum atomic E-state index is -0.540. The molecule has 0 rings (SSSR count). The van der Waals surface area contributed by atoms with Crippen molar-refractivity contribution in [3.63, 3.8) is 0 Å². The predicted molar refractivity (Wildman–Crippen MR) is 65.7 cm³/mol. The maximum Gasteiger partial charge on any atom is 1.00 e. The minimum absolute atomic E-state index is 0. The maximum absolute atomic E-state index is 11.3. The van der Waals surface area contributed by atoms with Crippen molar-refractivity contribution in [1.82, 2.24) is 0 Å². The molecule has 0 radical (unpaired) electrons. The summed E-state index contributed by atoms with van der Waals surface area (Å²) in [7, 11) is 0. The predicted octanol–water partition coefficient (Wildman–Crippen LogP) is -0.147. The Morgan fingerprint density at radius 3 is 2.33 bits per heavy atom. The SMILES string of the molecule is CCCCCCOC(=O)CCC(C)(C)[C-]=O.[Na+].[OH-]. The molecule has 102 valence electrons. The fraction of sp³-hybridized carbons (Fsp3) is 0.846. The quantitative estimate of drug-likeness (QED) is 0.252. The number of hydrogen-bond donors (Lipinski definition) is 0. The van der Waals surface area contributed by atoms with Crippen LogP contribution in [0.3, 0.4) is 0 Å². The molecular weight excluding hydrogens is 243 g/mol. The number of hydrogen-bond acceptors (Lipinski definition) is 4. The van der Waals surface area contributed by atoms with Crippen molar-refractivity contribution < 1.29 is 49.4 Å². The van der Waals surface area contributed by atoms with Crippen molar-refractivity contribution in [1.29, 1.82) is 0 Å². The van der Waals surface area contributed by atoms with Crippen LogP contribution in [0, 0.1) is 5.41 Å². The van der Waals surface area contributed by atoms with E-state index in [1.165, 1.54) is 12.8 Å². The Hall–Kier alpha value is 0.1000. The second kappa shape index (κ2) is 13.5. The second-order valence-electron chi connectivity index (χ2n) is 4.77. The number of ether oxygens (including phenoxy) is 1. The van der Waals surface area contributed by atoms with Gasteiger partial charge in [0.25, 0.3) is 0 Å². The van der Waals surface area contributed by atoms with E-state index >= 15 is 0 Å². The number of esters is 1. The van der Waals surface area contributed by atoms with E-state index in [1.807, 2.05) is 6.29 Å². The summed E-state index contributed by atoms with van der Waals surface area (Å²) in [5.41, 5.74) is -0.540. The van der Waals surface area contributed by atoms with E-state index in [2.05, 4.69) is 6.92 Å². The number of unbranched alkanes of at least 4 members (excludes halogenated alkanes) is 3. The van der Waals surface area contributed by atoms with E-state index in [0.29, 0.717) is 19.4 Å². The molecule has 0 saturated carbocycles. The van der Waals surface area contributed by atoms with Crippen molar-refractivity contribution in [3.8, 4) is 0 Å². The third-order valence-electron chi connectivity index (χ3n) is 2.49. The van der Waals surface area contributed by atoms with E-state index < -0.39 is 5.41 Å². The molecule has 0 aromatic heterocycles. The average Bonchev–Trinajstić information content (AvgIpc) is 2.26. The maximum atomic E-state index is 11.3. The Labute approximate surface area is 132 Å². The zero-order valence-electron chi connectivity index (χ0n) is 12.1. The first kappa shape index (κ1) is 23.2. The number of carbonyl (C=O) groups is 1. The fourth-order valence-corrected chi connectivity index (χ4v) is 1.25. The molecule has 0 fully saturated rings. The molecule has 0 bridgehead atoms. The Kier molecular flexibility index (Phi) is 17.4. The van der Waals surface area contributed by atoms with Crippen LogP contribution in [-0.4, -0.2) is 24.3 Å². The van der Waals surface area contributed by atoms with Crippen LogP contribution in [-0.2, 0) is 14.3 Å². The Morgan fingerprint density at radius 1 is 1.22 bits per heavy atom. The van der Waals surface area contributed by atoms with Gasteiger partial charge >= 0.3 is 35.5 Å². The van der Waals surface area contributed by atoms with Crippen LogP contribution in [0.5, 0.6) is 0 Å². The third kappa shape index (κ3) is 14.2. The smallest absolute Gasteiger partial charge is 0.870 e. The van der Waals surface area contributed by atoms with Crippen molar-refractivity contribution in [2.24, 2.45) is 5.41 Å². The largest absolute Gasteiger partial charge is 1.00 e. The van der Waals surface area contributed by atoms with Gasteiger partial charge in [-0.1, -0.05) is 46.5 Å². The van der Waals surface area contributed by atoms with Crippen LogP contribution in [0.2, 0.25) is 0 Å². The van der Waals surface area contributed by atoms with Crippen LogP contribution in [0.25, 0.3) is 0 Å². The van der Waals surface area contributed by atoms with Crippen molar-refractivity contribution in [3.05, 3.63) is 0 Å². The van der Waals surface area contributed by atoms with Gasteiger partial charge in [-0.2, -0.15) is 0 Å². The van der Waals surface area contributed by atoms with Gasteiger partial charge in [0.05, 0.1) is 6.61 Å². The van der Waals surface area contributed by atoms with Crippen LogP contribution in [0.4, 0.5) is 0 Å². The van der Waals surface area contributed by atoms with Crippen LogP contribution < -0.4 is 29.6 Å². The topological polar surface area (TPSA) is 73.4 Å². The fourth-order valence-electron chi connectivity index (χ4n) is 1.25. The molecule has 0 aliphatic rings. The number of rotatable bonds is 9. The van der Waals surface area contributed by atoms with Gasteiger partial charge in [-0.15, -0.1) is 5.41 Å². The second-order valence-corrected chi connectivity index (χ2v) is 4.77. The molecule has 0 aromatic rings. The zero-order chi connectivity index (χ0) is 12.4. The van der Waals surface area contributed by atoms with Gasteiger partial charge in [-0.3, -0.25) is 11.1 Å². The van der Waals surface area contributed by atoms with Gasteiger partial charge in [-0.25, -0.2) is 0 Å². The van der Waals surface area contributed by atoms with E-state index in [0.717, 1.165) is 12.8 Å². The molecule has 0 amide bonds. The molecule has 0 aliphatic heterocycles. The summed E-state index contributed by atoms with van der Waals surface area (Å²) in [5.74, 6) is -0.208. The van der Waals surface area contributed by atoms with Gasteiger partial charge in [0.1, 0.15) is 0 Å². The summed E-state index contributed by atoms with van der Waals surface area (Å²) in [6, 6.07) is 0. The summed E-state index contributed by atoms with van der Waals surface area (Å²) in [6.45, 7) is 6.19. The Bertz CT molecular complexity index is 217. The third-order valence-corrected chi connectivity index (χ3v) is 2.49. The van der Waals surface area contributed by atoms with E-state index in [9.17, 15) is 9.59 Å². The summed E-state index contributed by atoms with van der Waals surface area (Å²) >= 11 is 0. The van der Waals surface area contributed by atoms with Gasteiger partial charge in [-0.05, 0) is 6.42 Å². The van der Waals surface area contributed by atoms with E-state index in [4.69, 9.17) is 4.74 Å². The van der Waals surface area contributed by atoms with Crippen LogP contribution in [0.1, 0.15) is 59.3 Å². The molecule has 1 N–H and O–H groups in total. The van der Waals surface area contributed by atoms with Gasteiger partial charge < -0.3 is 15.0 Å². The molecule has 4 nitrogen and oxygen atoms in total. The summed E-state index contributed by atoms with van der Waals surface area (Å²) in [6.07, 6.45) is 7.13. The molecule has 0 heterocycles. The minimum Gasteiger partial charge on any atom is -0.870 e. The first-order valence-corrected chi connectivity index (χ1v) is 6.07. The zero-order valence-corrected chi connectivity index (χ0v) is 14.1. The molecule has 5 heteroatoms. The first-order chi connectivity index (χ1) is 7.52. The van der Waals surface area contributed by atoms with Crippen molar-refractivity contribution >= 4 is 12.3 Å². The molecule has 18 heavy (non-hydrogen) atoms. The normalized spacial score (nSPS) is 9.94. The Balaban J connectivity index is -0.00000112. The van der Waals surface area contributed by atoms with Gasteiger partial charge in [0, 0.05) is 6.42 Å². The molecule has 0 saturated heterocycles. The number of carbonyl (C=O) groups excluding carboxylic acids is 2. The van der Waals surface area contributed by atoms with E-state index in [1.54, 1.807) is 13.8 Å². The molecular formula is C13H24NaO4-. The van der Waals surface area contributed by atoms with Crippen LogP contribution in [0.15, 0.2) is 0 Å². The molecule has 0 atom stereocenters. The molecule has 0 unspecified atom stereocenters. The molecule has 0 aromatic carbocycles. The average molecular weight is 267 g/mol. The van der Waals surface area contributed by atoms with Crippen molar-refractivity contribution in [2.45, 2.75) is 59.3 Å². The standard InChI is InChI=1S/C13H23O3.Na.H2O/c1-4-5-6-7-10-16-12(15)8-9-13(2,3)11-14;;/h4-10H2,1-3H3;;1H2/q-1;+1;/p-1. The van der Waals surface area contributed by atoms with E-state index in [-0.39, 0.29) is 41.0 Å². The summed E-state index contributed by atoms with van der Waals surface area (Å²) in [4.78, 5) is 21.8. The van der Waals surface area contributed by atoms with Crippen LogP contribution >= 0.6 is 0 Å². The van der Waals surface area contributed by atoms with Gasteiger partial charge in [0.15, 0.2) is 0 Å². The summed E-state index contributed by atoms with van der Waals surface area (Å²) in [5, 5.41) is 0. The Morgan fingerprint density at radius 2 is 1.83 bits per heavy atom. The summed E-state index contributed by atoms with van der Waals surface area (Å²) < 4.78 is 5.06. The monoisotopic (exact) mass is 267 g/mol. The molecule has 0 aliphatic carbocycles. The van der Waals surface area contributed by atoms with Gasteiger partial charge in [0.2, 0.25) is 0 Å².